The quantitative estimate of drug-likeness (QED) is 0.843. The molecular weight excluding hydrogens is 198 g/mol. The Hall–Kier alpha value is -1.27. The van der Waals surface area contributed by atoms with Crippen molar-refractivity contribution in [3.63, 3.8) is 0 Å². The summed E-state index contributed by atoms with van der Waals surface area (Å²) in [6, 6.07) is 4.82. The van der Waals surface area contributed by atoms with Crippen LogP contribution in [0.15, 0.2) is 12.3 Å². The molecule has 1 aliphatic carbocycles. The molecule has 2 rings (SSSR count). The Kier molecular flexibility index (Phi) is 3.31. The van der Waals surface area contributed by atoms with Crippen LogP contribution in [0.3, 0.4) is 0 Å². The molecule has 3 nitrogen and oxygen atoms in total. The molecule has 1 aromatic heterocycles. The molecule has 0 bridgehead atoms. The Bertz CT molecular complexity index is 400. The maximum absolute atomic E-state index is 8.85. The summed E-state index contributed by atoms with van der Waals surface area (Å²) in [6.07, 6.45) is 5.96. The van der Waals surface area contributed by atoms with E-state index >= 15 is 0 Å². The Balaban J connectivity index is 1.88. The lowest BCUT2D eigenvalue weighted by Gasteiger charge is -2.10. The fraction of sp³-hybridized carbons (Fsp3) is 0.615. The first-order valence-electron chi connectivity index (χ1n) is 5.97. The highest BCUT2D eigenvalue weighted by Gasteiger charge is 2.20. The van der Waals surface area contributed by atoms with Crippen molar-refractivity contribution in [3.05, 3.63) is 23.5 Å². The van der Waals surface area contributed by atoms with E-state index in [4.69, 9.17) is 5.26 Å². The van der Waals surface area contributed by atoms with Gasteiger partial charge in [-0.3, -0.25) is 0 Å². The SMILES string of the molecule is CC1CCC(NCc2cc(C#N)n(C)c2)C1. The maximum atomic E-state index is 8.85. The third-order valence-corrected chi connectivity index (χ3v) is 3.47. The van der Waals surface area contributed by atoms with Crippen LogP contribution < -0.4 is 5.32 Å². The molecule has 0 aliphatic heterocycles. The Morgan fingerprint density at radius 2 is 2.38 bits per heavy atom. The number of hydrogen-bond acceptors (Lipinski definition) is 2. The van der Waals surface area contributed by atoms with Crippen molar-refractivity contribution in [1.82, 2.24) is 9.88 Å². The van der Waals surface area contributed by atoms with Gasteiger partial charge in [0.05, 0.1) is 0 Å². The molecule has 1 heterocycles. The van der Waals surface area contributed by atoms with E-state index in [1.54, 1.807) is 0 Å². The van der Waals surface area contributed by atoms with E-state index in [1.165, 1.54) is 24.8 Å². The minimum absolute atomic E-state index is 0.667. The monoisotopic (exact) mass is 217 g/mol. The van der Waals surface area contributed by atoms with E-state index in [0.29, 0.717) is 6.04 Å². The van der Waals surface area contributed by atoms with E-state index in [9.17, 15) is 0 Å². The van der Waals surface area contributed by atoms with E-state index in [2.05, 4.69) is 18.3 Å². The Labute approximate surface area is 97.1 Å². The summed E-state index contributed by atoms with van der Waals surface area (Å²) in [4.78, 5) is 0. The molecule has 1 N–H and O–H groups in total. The van der Waals surface area contributed by atoms with Crippen molar-refractivity contribution in [1.29, 1.82) is 5.26 Å². The van der Waals surface area contributed by atoms with Gasteiger partial charge in [-0.05, 0) is 36.8 Å². The van der Waals surface area contributed by atoms with Gasteiger partial charge in [-0.15, -0.1) is 0 Å². The van der Waals surface area contributed by atoms with Crippen molar-refractivity contribution in [2.45, 2.75) is 38.8 Å². The highest BCUT2D eigenvalue weighted by Crippen LogP contribution is 2.24. The number of hydrogen-bond donors (Lipinski definition) is 1. The standard InChI is InChI=1S/C13H19N3/c1-10-3-4-12(5-10)15-8-11-6-13(7-14)16(2)9-11/h6,9-10,12,15H,3-5,8H2,1-2H3. The summed E-state index contributed by atoms with van der Waals surface area (Å²) in [7, 11) is 1.92. The molecule has 1 fully saturated rings. The fourth-order valence-corrected chi connectivity index (χ4v) is 2.50. The largest absolute Gasteiger partial charge is 0.342 e. The molecule has 0 radical (unpaired) electrons. The summed E-state index contributed by atoms with van der Waals surface area (Å²) >= 11 is 0. The molecule has 2 atom stereocenters. The lowest BCUT2D eigenvalue weighted by molar-refractivity contribution is 0.502. The van der Waals surface area contributed by atoms with Crippen LogP contribution >= 0.6 is 0 Å². The van der Waals surface area contributed by atoms with Gasteiger partial charge in [0, 0.05) is 25.8 Å². The first-order chi connectivity index (χ1) is 7.69. The van der Waals surface area contributed by atoms with Gasteiger partial charge in [0.2, 0.25) is 0 Å². The average molecular weight is 217 g/mol. The van der Waals surface area contributed by atoms with Crippen molar-refractivity contribution in [2.24, 2.45) is 13.0 Å². The van der Waals surface area contributed by atoms with Gasteiger partial charge in [0.25, 0.3) is 0 Å². The second-order valence-electron chi connectivity index (χ2n) is 4.95. The summed E-state index contributed by atoms with van der Waals surface area (Å²) in [5.74, 6) is 0.864. The molecule has 1 saturated carbocycles. The second-order valence-corrected chi connectivity index (χ2v) is 4.95. The second kappa shape index (κ2) is 4.71. The average Bonchev–Trinajstić information content (AvgIpc) is 2.82. The van der Waals surface area contributed by atoms with Gasteiger partial charge in [0.15, 0.2) is 0 Å². The Morgan fingerprint density at radius 3 is 2.94 bits per heavy atom. The van der Waals surface area contributed by atoms with E-state index in [0.717, 1.165) is 18.2 Å². The molecule has 0 aromatic carbocycles. The van der Waals surface area contributed by atoms with Crippen LogP contribution in [-0.4, -0.2) is 10.6 Å². The third-order valence-electron chi connectivity index (χ3n) is 3.47. The highest BCUT2D eigenvalue weighted by atomic mass is 15.0. The van der Waals surface area contributed by atoms with Crippen LogP contribution in [0.5, 0.6) is 0 Å². The van der Waals surface area contributed by atoms with Gasteiger partial charge in [-0.1, -0.05) is 6.92 Å². The summed E-state index contributed by atoms with van der Waals surface area (Å²) in [6.45, 7) is 3.20. The molecular formula is C13H19N3. The normalized spacial score (nSPS) is 24.6. The summed E-state index contributed by atoms with van der Waals surface area (Å²) < 4.78 is 1.88. The van der Waals surface area contributed by atoms with Gasteiger partial charge >= 0.3 is 0 Å². The summed E-state index contributed by atoms with van der Waals surface area (Å²) in [5.41, 5.74) is 1.94. The van der Waals surface area contributed by atoms with Gasteiger partial charge in [-0.2, -0.15) is 5.26 Å². The minimum Gasteiger partial charge on any atom is -0.342 e. The minimum atomic E-state index is 0.667. The topological polar surface area (TPSA) is 40.8 Å². The Morgan fingerprint density at radius 1 is 1.56 bits per heavy atom. The molecule has 0 spiro atoms. The van der Waals surface area contributed by atoms with Crippen molar-refractivity contribution >= 4 is 0 Å². The number of aryl methyl sites for hydroxylation is 1. The molecule has 3 heteroatoms. The van der Waals surface area contributed by atoms with E-state index in [1.807, 2.05) is 23.9 Å². The molecule has 86 valence electrons. The van der Waals surface area contributed by atoms with Crippen molar-refractivity contribution in [3.8, 4) is 6.07 Å². The van der Waals surface area contributed by atoms with Crippen LogP contribution in [0.25, 0.3) is 0 Å². The highest BCUT2D eigenvalue weighted by molar-refractivity contribution is 5.28. The maximum Gasteiger partial charge on any atom is 0.120 e. The zero-order valence-electron chi connectivity index (χ0n) is 10.0. The molecule has 16 heavy (non-hydrogen) atoms. The number of nitriles is 1. The first kappa shape index (κ1) is 11.2. The van der Waals surface area contributed by atoms with Gasteiger partial charge < -0.3 is 9.88 Å². The fourth-order valence-electron chi connectivity index (χ4n) is 2.50. The number of nitrogens with zero attached hydrogens (tertiary/aromatic N) is 2. The van der Waals surface area contributed by atoms with E-state index < -0.39 is 0 Å². The van der Waals surface area contributed by atoms with Crippen LogP contribution in [0, 0.1) is 17.2 Å². The van der Waals surface area contributed by atoms with Crippen molar-refractivity contribution < 1.29 is 0 Å². The lowest BCUT2D eigenvalue weighted by Crippen LogP contribution is -2.25. The number of aromatic nitrogens is 1. The predicted molar refractivity (Wildman–Crippen MR) is 63.8 cm³/mol. The zero-order chi connectivity index (χ0) is 11.5. The number of rotatable bonds is 3. The van der Waals surface area contributed by atoms with Gasteiger partial charge in [0.1, 0.15) is 11.8 Å². The summed E-state index contributed by atoms with van der Waals surface area (Å²) in [5, 5.41) is 12.4. The van der Waals surface area contributed by atoms with Crippen molar-refractivity contribution in [2.75, 3.05) is 0 Å². The number of nitrogens with one attached hydrogen (secondary N) is 1. The smallest absolute Gasteiger partial charge is 0.120 e. The van der Waals surface area contributed by atoms with Crippen LogP contribution in [0.1, 0.15) is 37.4 Å². The third kappa shape index (κ3) is 2.45. The molecule has 2 unspecified atom stereocenters. The lowest BCUT2D eigenvalue weighted by atomic mass is 10.1. The van der Waals surface area contributed by atoms with Crippen LogP contribution in [0.2, 0.25) is 0 Å². The van der Waals surface area contributed by atoms with Crippen LogP contribution in [-0.2, 0) is 13.6 Å². The predicted octanol–water partition coefficient (Wildman–Crippen LogP) is 2.17. The van der Waals surface area contributed by atoms with E-state index in [-0.39, 0.29) is 0 Å². The molecule has 0 saturated heterocycles. The van der Waals surface area contributed by atoms with Gasteiger partial charge in [-0.25, -0.2) is 0 Å². The molecule has 0 amide bonds. The van der Waals surface area contributed by atoms with Crippen LogP contribution in [0.4, 0.5) is 0 Å². The molecule has 1 aromatic rings. The molecule has 1 aliphatic rings. The zero-order valence-corrected chi connectivity index (χ0v) is 10.0. The first-order valence-corrected chi connectivity index (χ1v) is 5.97.